The van der Waals surface area contributed by atoms with Crippen molar-refractivity contribution >= 4 is 5.97 Å². The van der Waals surface area contributed by atoms with Crippen LogP contribution in [0.3, 0.4) is 0 Å². The van der Waals surface area contributed by atoms with Crippen molar-refractivity contribution in [2.24, 2.45) is 0 Å². The Kier molecular flexibility index (Phi) is 5.28. The summed E-state index contributed by atoms with van der Waals surface area (Å²) in [4.78, 5) is 14.2. The van der Waals surface area contributed by atoms with Crippen molar-refractivity contribution in [1.29, 1.82) is 0 Å². The molecule has 0 amide bonds. The Bertz CT molecular complexity index is 518. The molecule has 1 aromatic rings. The maximum Gasteiger partial charge on any atom is 0.574 e. The molecule has 118 valence electrons. The first-order chi connectivity index (χ1) is 9.67. The minimum atomic E-state index is -5.15. The van der Waals surface area contributed by atoms with Crippen molar-refractivity contribution in [3.63, 3.8) is 0 Å². The average Bonchev–Trinajstić information content (AvgIpc) is 2.38. The lowest BCUT2D eigenvalue weighted by atomic mass is 10.1. The molecule has 0 saturated heterocycles. The van der Waals surface area contributed by atoms with E-state index in [0.29, 0.717) is 0 Å². The van der Waals surface area contributed by atoms with Crippen molar-refractivity contribution in [3.05, 3.63) is 17.3 Å². The van der Waals surface area contributed by atoms with Crippen LogP contribution in [0.25, 0.3) is 0 Å². The fourth-order valence-corrected chi connectivity index (χ4v) is 1.40. The predicted molar refractivity (Wildman–Crippen MR) is 58.1 cm³/mol. The van der Waals surface area contributed by atoms with Crippen LogP contribution in [-0.2, 0) is 16.0 Å². The SMILES string of the molecule is COC(=O)Cc1cc(OC)c(C(F)F)nc1OC(F)(F)F. The first-order valence-electron chi connectivity index (χ1n) is 5.36. The molecule has 21 heavy (non-hydrogen) atoms. The number of hydrogen-bond acceptors (Lipinski definition) is 5. The predicted octanol–water partition coefficient (Wildman–Crippen LogP) is 2.64. The summed E-state index contributed by atoms with van der Waals surface area (Å²) in [5, 5.41) is 0. The van der Waals surface area contributed by atoms with Gasteiger partial charge < -0.3 is 14.2 Å². The molecule has 0 saturated carbocycles. The highest BCUT2D eigenvalue weighted by Crippen LogP contribution is 2.34. The number of halogens is 5. The van der Waals surface area contributed by atoms with Crippen molar-refractivity contribution in [1.82, 2.24) is 4.98 Å². The third-order valence-electron chi connectivity index (χ3n) is 2.26. The van der Waals surface area contributed by atoms with E-state index in [2.05, 4.69) is 19.2 Å². The van der Waals surface area contributed by atoms with Crippen LogP contribution in [0.4, 0.5) is 22.0 Å². The number of alkyl halides is 5. The first kappa shape index (κ1) is 16.9. The molecule has 0 aliphatic rings. The fourth-order valence-electron chi connectivity index (χ4n) is 1.40. The van der Waals surface area contributed by atoms with Gasteiger partial charge in [0.2, 0.25) is 5.88 Å². The maximum atomic E-state index is 12.7. The number of rotatable bonds is 5. The van der Waals surface area contributed by atoms with Crippen LogP contribution in [0.15, 0.2) is 6.07 Å². The van der Waals surface area contributed by atoms with E-state index in [1.54, 1.807) is 0 Å². The maximum absolute atomic E-state index is 12.7. The monoisotopic (exact) mass is 315 g/mol. The van der Waals surface area contributed by atoms with Gasteiger partial charge in [0.25, 0.3) is 6.43 Å². The molecule has 0 unspecified atom stereocenters. The van der Waals surface area contributed by atoms with E-state index >= 15 is 0 Å². The Morgan fingerprint density at radius 1 is 1.33 bits per heavy atom. The Morgan fingerprint density at radius 3 is 2.38 bits per heavy atom. The normalized spacial score (nSPS) is 11.4. The highest BCUT2D eigenvalue weighted by Gasteiger charge is 2.34. The first-order valence-corrected chi connectivity index (χ1v) is 5.36. The molecule has 0 aromatic carbocycles. The molecular formula is C11H10F5NO4. The van der Waals surface area contributed by atoms with Gasteiger partial charge in [0.1, 0.15) is 5.75 Å². The zero-order chi connectivity index (χ0) is 16.2. The number of carbonyl (C=O) groups is 1. The third kappa shape index (κ3) is 4.72. The van der Waals surface area contributed by atoms with E-state index < -0.39 is 42.5 Å². The second-order valence-electron chi connectivity index (χ2n) is 3.64. The van der Waals surface area contributed by atoms with Crippen LogP contribution < -0.4 is 9.47 Å². The van der Waals surface area contributed by atoms with Crippen LogP contribution in [-0.4, -0.2) is 31.5 Å². The van der Waals surface area contributed by atoms with Crippen LogP contribution >= 0.6 is 0 Å². The zero-order valence-electron chi connectivity index (χ0n) is 10.8. The van der Waals surface area contributed by atoms with Gasteiger partial charge in [-0.3, -0.25) is 4.79 Å². The van der Waals surface area contributed by atoms with Gasteiger partial charge in [-0.15, -0.1) is 13.2 Å². The van der Waals surface area contributed by atoms with Crippen molar-refractivity contribution in [2.45, 2.75) is 19.2 Å². The van der Waals surface area contributed by atoms with E-state index in [9.17, 15) is 26.7 Å². The highest BCUT2D eigenvalue weighted by atomic mass is 19.4. The van der Waals surface area contributed by atoms with E-state index in [1.165, 1.54) is 0 Å². The average molecular weight is 315 g/mol. The van der Waals surface area contributed by atoms with E-state index in [4.69, 9.17) is 0 Å². The summed E-state index contributed by atoms with van der Waals surface area (Å²) in [5.74, 6) is -2.50. The molecule has 0 N–H and O–H groups in total. The summed E-state index contributed by atoms with van der Waals surface area (Å²) >= 11 is 0. The number of methoxy groups -OCH3 is 2. The van der Waals surface area contributed by atoms with E-state index in [1.807, 2.05) is 0 Å². The number of carbonyl (C=O) groups excluding carboxylic acids is 1. The van der Waals surface area contributed by atoms with Gasteiger partial charge in [-0.1, -0.05) is 0 Å². The standard InChI is InChI=1S/C11H10F5NO4/c1-19-6-3-5(4-7(18)20-2)10(21-11(14,15)16)17-8(6)9(12)13/h3,9H,4H2,1-2H3. The number of ether oxygens (including phenoxy) is 3. The number of pyridine rings is 1. The quantitative estimate of drug-likeness (QED) is 0.617. The largest absolute Gasteiger partial charge is 0.574 e. The summed E-state index contributed by atoms with van der Waals surface area (Å²) in [6.45, 7) is 0. The smallest absolute Gasteiger partial charge is 0.495 e. The second kappa shape index (κ2) is 6.55. The van der Waals surface area contributed by atoms with Gasteiger partial charge in [-0.05, 0) is 6.07 Å². The molecule has 0 radical (unpaired) electrons. The lowest BCUT2D eigenvalue weighted by molar-refractivity contribution is -0.276. The molecule has 5 nitrogen and oxygen atoms in total. The Labute approximate surface area is 115 Å². The molecule has 0 fully saturated rings. The molecule has 0 bridgehead atoms. The number of esters is 1. The van der Waals surface area contributed by atoms with Crippen LogP contribution in [0, 0.1) is 0 Å². The summed E-state index contributed by atoms with van der Waals surface area (Å²) in [6.07, 6.45) is -8.97. The molecule has 1 aromatic heterocycles. The van der Waals surface area contributed by atoms with Gasteiger partial charge >= 0.3 is 12.3 Å². The molecule has 1 rings (SSSR count). The molecule has 0 aliphatic heterocycles. The van der Waals surface area contributed by atoms with E-state index in [-0.39, 0.29) is 5.56 Å². The van der Waals surface area contributed by atoms with Crippen molar-refractivity contribution in [3.8, 4) is 11.6 Å². The molecule has 1 heterocycles. The number of aromatic nitrogens is 1. The van der Waals surface area contributed by atoms with Crippen LogP contribution in [0.5, 0.6) is 11.6 Å². The number of hydrogen-bond donors (Lipinski definition) is 0. The van der Waals surface area contributed by atoms with Gasteiger partial charge in [0, 0.05) is 5.56 Å². The fraction of sp³-hybridized carbons (Fsp3) is 0.455. The lowest BCUT2D eigenvalue weighted by Crippen LogP contribution is -2.20. The van der Waals surface area contributed by atoms with Gasteiger partial charge in [0.05, 0.1) is 20.6 Å². The molecule has 0 aliphatic carbocycles. The van der Waals surface area contributed by atoms with E-state index in [0.717, 1.165) is 20.3 Å². The Balaban J connectivity index is 3.33. The summed E-state index contributed by atoms with van der Waals surface area (Å²) in [7, 11) is 2.06. The summed E-state index contributed by atoms with van der Waals surface area (Å²) < 4.78 is 74.7. The second-order valence-corrected chi connectivity index (χ2v) is 3.64. The van der Waals surface area contributed by atoms with Crippen LogP contribution in [0.1, 0.15) is 17.7 Å². The van der Waals surface area contributed by atoms with Gasteiger partial charge in [-0.2, -0.15) is 0 Å². The molecule has 0 atom stereocenters. The summed E-state index contributed by atoms with van der Waals surface area (Å²) in [6, 6.07) is 0.826. The zero-order valence-corrected chi connectivity index (χ0v) is 10.8. The topological polar surface area (TPSA) is 57.7 Å². The molecular weight excluding hydrogens is 305 g/mol. The minimum Gasteiger partial charge on any atom is -0.495 e. The Hall–Kier alpha value is -2.13. The van der Waals surface area contributed by atoms with Gasteiger partial charge in [0.15, 0.2) is 5.69 Å². The lowest BCUT2D eigenvalue weighted by Gasteiger charge is -2.15. The van der Waals surface area contributed by atoms with Crippen molar-refractivity contribution in [2.75, 3.05) is 14.2 Å². The Morgan fingerprint density at radius 2 is 1.95 bits per heavy atom. The van der Waals surface area contributed by atoms with Crippen LogP contribution in [0.2, 0.25) is 0 Å². The number of nitrogens with zero attached hydrogens (tertiary/aromatic N) is 1. The summed E-state index contributed by atoms with van der Waals surface area (Å²) in [5.41, 5.74) is -1.41. The minimum absolute atomic E-state index is 0.388. The third-order valence-corrected chi connectivity index (χ3v) is 2.26. The highest BCUT2D eigenvalue weighted by molar-refractivity contribution is 5.73. The molecule has 0 spiro atoms. The molecule has 10 heteroatoms. The van der Waals surface area contributed by atoms with Crippen molar-refractivity contribution < 1.29 is 41.0 Å². The van der Waals surface area contributed by atoms with Gasteiger partial charge in [-0.25, -0.2) is 13.8 Å².